The summed E-state index contributed by atoms with van der Waals surface area (Å²) in [6.07, 6.45) is -2.11. The number of carbonyl (C=O) groups excluding carboxylic acids is 1. The highest BCUT2D eigenvalue weighted by Crippen LogP contribution is 2.29. The second-order valence-corrected chi connectivity index (χ2v) is 6.30. The maximum Gasteiger partial charge on any atom is 0.416 e. The van der Waals surface area contributed by atoms with Crippen molar-refractivity contribution in [2.24, 2.45) is 0 Å². The number of oxazole rings is 1. The number of aromatic nitrogens is 2. The Kier molecular flexibility index (Phi) is 4.21. The van der Waals surface area contributed by atoms with Crippen molar-refractivity contribution in [1.29, 1.82) is 0 Å². The number of nitrogens with zero attached hydrogens (tertiary/aromatic N) is 3. The van der Waals surface area contributed by atoms with Gasteiger partial charge in [0.2, 0.25) is 5.65 Å². The van der Waals surface area contributed by atoms with Crippen LogP contribution in [0, 0.1) is 0 Å². The number of hydrogen-bond donors (Lipinski definition) is 1. The van der Waals surface area contributed by atoms with Crippen LogP contribution in [-0.4, -0.2) is 35.0 Å². The number of nitrogens with one attached hydrogen (secondary N) is 1. The molecule has 1 aliphatic rings. The lowest BCUT2D eigenvalue weighted by molar-refractivity contribution is -0.137. The zero-order chi connectivity index (χ0) is 19.0. The van der Waals surface area contributed by atoms with Gasteiger partial charge in [-0.2, -0.15) is 18.2 Å². The number of rotatable bonds is 3. The highest BCUT2D eigenvalue weighted by atomic mass is 19.4. The molecule has 2 aromatic heterocycles. The van der Waals surface area contributed by atoms with E-state index in [1.165, 1.54) is 12.1 Å². The van der Waals surface area contributed by atoms with Crippen molar-refractivity contribution >= 4 is 23.2 Å². The second kappa shape index (κ2) is 6.57. The summed E-state index contributed by atoms with van der Waals surface area (Å²) in [7, 11) is 0. The van der Waals surface area contributed by atoms with Crippen molar-refractivity contribution in [3.05, 3.63) is 53.7 Å². The summed E-state index contributed by atoms with van der Waals surface area (Å²) in [5.41, 5.74) is 0.512. The second-order valence-electron chi connectivity index (χ2n) is 6.30. The molecule has 6 nitrogen and oxygen atoms in total. The molecule has 0 bridgehead atoms. The lowest BCUT2D eigenvalue weighted by Gasteiger charge is -2.15. The van der Waals surface area contributed by atoms with Crippen LogP contribution in [0.2, 0.25) is 0 Å². The summed E-state index contributed by atoms with van der Waals surface area (Å²) < 4.78 is 43.5. The summed E-state index contributed by atoms with van der Waals surface area (Å²) in [6, 6.07) is 7.99. The van der Waals surface area contributed by atoms with Crippen molar-refractivity contribution in [2.75, 3.05) is 18.0 Å². The normalized spacial score (nSPS) is 17.4. The predicted octanol–water partition coefficient (Wildman–Crippen LogP) is 3.25. The third kappa shape index (κ3) is 3.57. The van der Waals surface area contributed by atoms with Gasteiger partial charge in [0.25, 0.3) is 11.9 Å². The molecule has 0 radical (unpaired) electrons. The van der Waals surface area contributed by atoms with Gasteiger partial charge < -0.3 is 14.6 Å². The molecule has 1 fully saturated rings. The molecule has 1 atom stereocenters. The third-order valence-electron chi connectivity index (χ3n) is 4.42. The van der Waals surface area contributed by atoms with Gasteiger partial charge in [-0.15, -0.1) is 0 Å². The van der Waals surface area contributed by atoms with Crippen LogP contribution < -0.4 is 10.2 Å². The smallest absolute Gasteiger partial charge is 0.416 e. The van der Waals surface area contributed by atoms with Crippen LogP contribution in [0.15, 0.2) is 47.0 Å². The Morgan fingerprint density at radius 1 is 1.22 bits per heavy atom. The highest BCUT2D eigenvalue weighted by Gasteiger charge is 2.31. The number of benzene rings is 1. The lowest BCUT2D eigenvalue weighted by atomic mass is 10.1. The Hall–Kier alpha value is -3.10. The zero-order valence-corrected chi connectivity index (χ0v) is 14.0. The Morgan fingerprint density at radius 3 is 2.70 bits per heavy atom. The Labute approximate surface area is 152 Å². The average Bonchev–Trinajstić information content (AvgIpc) is 3.27. The molecule has 1 unspecified atom stereocenters. The van der Waals surface area contributed by atoms with E-state index < -0.39 is 17.6 Å². The number of fused-ring (bicyclic) bond motifs is 1. The molecule has 140 valence electrons. The molecule has 1 aromatic carbocycles. The topological polar surface area (TPSA) is 71.3 Å². The van der Waals surface area contributed by atoms with E-state index in [1.807, 2.05) is 4.90 Å². The minimum absolute atomic E-state index is 0.150. The molecule has 3 aromatic rings. The SMILES string of the molecule is O=C(NC1CCN(c2nc3ncccc3o2)C1)c1ccc(C(F)(F)F)cc1. The largest absolute Gasteiger partial charge is 0.422 e. The molecule has 1 N–H and O–H groups in total. The first-order valence-corrected chi connectivity index (χ1v) is 8.35. The molecule has 1 aliphatic heterocycles. The summed E-state index contributed by atoms with van der Waals surface area (Å²) in [4.78, 5) is 22.6. The maximum absolute atomic E-state index is 12.6. The minimum atomic E-state index is -4.42. The van der Waals surface area contributed by atoms with E-state index >= 15 is 0 Å². The number of halogens is 3. The van der Waals surface area contributed by atoms with Crippen LogP contribution in [0.5, 0.6) is 0 Å². The van der Waals surface area contributed by atoms with Crippen molar-refractivity contribution in [3.8, 4) is 0 Å². The third-order valence-corrected chi connectivity index (χ3v) is 4.42. The zero-order valence-electron chi connectivity index (χ0n) is 14.0. The number of anilines is 1. The molecule has 1 amide bonds. The molecular formula is C18H15F3N4O2. The standard InChI is InChI=1S/C18H15F3N4O2/c19-18(20,21)12-5-3-11(4-6-12)16(26)23-13-7-9-25(10-13)17-24-15-14(27-17)2-1-8-22-15/h1-6,8,13H,7,9-10H2,(H,23,26). The minimum Gasteiger partial charge on any atom is -0.422 e. The first-order chi connectivity index (χ1) is 12.9. The average molecular weight is 376 g/mol. The van der Waals surface area contributed by atoms with E-state index in [0.717, 1.165) is 12.1 Å². The van der Waals surface area contributed by atoms with Gasteiger partial charge >= 0.3 is 6.18 Å². The highest BCUT2D eigenvalue weighted by molar-refractivity contribution is 5.94. The van der Waals surface area contributed by atoms with Gasteiger partial charge in [-0.1, -0.05) is 0 Å². The van der Waals surface area contributed by atoms with Crippen LogP contribution in [0.1, 0.15) is 22.3 Å². The van der Waals surface area contributed by atoms with E-state index in [2.05, 4.69) is 15.3 Å². The number of hydrogen-bond acceptors (Lipinski definition) is 5. The first-order valence-electron chi connectivity index (χ1n) is 8.35. The Morgan fingerprint density at radius 2 is 2.00 bits per heavy atom. The van der Waals surface area contributed by atoms with Crippen molar-refractivity contribution in [1.82, 2.24) is 15.3 Å². The summed E-state index contributed by atoms with van der Waals surface area (Å²) in [5.74, 6) is -0.408. The monoisotopic (exact) mass is 376 g/mol. The quantitative estimate of drug-likeness (QED) is 0.760. The number of carbonyl (C=O) groups is 1. The van der Waals surface area contributed by atoms with Crippen molar-refractivity contribution < 1.29 is 22.4 Å². The molecule has 0 spiro atoms. The molecule has 3 heterocycles. The van der Waals surface area contributed by atoms with Crippen molar-refractivity contribution in [3.63, 3.8) is 0 Å². The van der Waals surface area contributed by atoms with Gasteiger partial charge in [-0.25, -0.2) is 4.98 Å². The molecular weight excluding hydrogens is 361 g/mol. The van der Waals surface area contributed by atoms with Crippen LogP contribution in [0.25, 0.3) is 11.2 Å². The van der Waals surface area contributed by atoms with Gasteiger partial charge in [0.15, 0.2) is 5.58 Å². The van der Waals surface area contributed by atoms with Crippen molar-refractivity contribution in [2.45, 2.75) is 18.6 Å². The van der Waals surface area contributed by atoms with Gasteiger partial charge in [0, 0.05) is 30.9 Å². The Balaban J connectivity index is 1.40. The number of alkyl halides is 3. The molecule has 27 heavy (non-hydrogen) atoms. The number of pyridine rings is 1. The molecule has 4 rings (SSSR count). The van der Waals surface area contributed by atoms with Crippen LogP contribution in [-0.2, 0) is 6.18 Å². The van der Waals surface area contributed by atoms with Crippen LogP contribution >= 0.6 is 0 Å². The Bertz CT molecular complexity index is 936. The molecule has 9 heteroatoms. The molecule has 1 saturated heterocycles. The van der Waals surface area contributed by atoms with Crippen LogP contribution in [0.3, 0.4) is 0 Å². The summed E-state index contributed by atoms with van der Waals surface area (Å²) in [5, 5.41) is 2.84. The van der Waals surface area contributed by atoms with Gasteiger partial charge in [0.1, 0.15) is 0 Å². The van der Waals surface area contributed by atoms with E-state index in [1.54, 1.807) is 18.3 Å². The molecule has 0 aliphatic carbocycles. The van der Waals surface area contributed by atoms with E-state index in [0.29, 0.717) is 36.8 Å². The number of amides is 1. The van der Waals surface area contributed by atoms with E-state index in [-0.39, 0.29) is 11.6 Å². The van der Waals surface area contributed by atoms with Gasteiger partial charge in [0.05, 0.1) is 5.56 Å². The van der Waals surface area contributed by atoms with Gasteiger partial charge in [-0.05, 0) is 42.8 Å². The fourth-order valence-electron chi connectivity index (χ4n) is 3.02. The summed E-state index contributed by atoms with van der Waals surface area (Å²) in [6.45, 7) is 1.14. The molecule has 0 saturated carbocycles. The summed E-state index contributed by atoms with van der Waals surface area (Å²) >= 11 is 0. The van der Waals surface area contributed by atoms with Crippen LogP contribution in [0.4, 0.5) is 19.2 Å². The maximum atomic E-state index is 12.6. The fourth-order valence-corrected chi connectivity index (χ4v) is 3.02. The lowest BCUT2D eigenvalue weighted by Crippen LogP contribution is -2.37. The van der Waals surface area contributed by atoms with E-state index in [9.17, 15) is 18.0 Å². The first kappa shape index (κ1) is 17.3. The van der Waals surface area contributed by atoms with Gasteiger partial charge in [-0.3, -0.25) is 4.79 Å². The predicted molar refractivity (Wildman–Crippen MR) is 91.3 cm³/mol. The van der Waals surface area contributed by atoms with E-state index in [4.69, 9.17) is 4.42 Å². The fraction of sp³-hybridized carbons (Fsp3) is 0.278.